The quantitative estimate of drug-likeness (QED) is 0.0309. The van der Waals surface area contributed by atoms with E-state index in [-0.39, 0.29) is 43.9 Å². The molecular formula is C42H76O8. The molecule has 292 valence electrons. The zero-order chi connectivity index (χ0) is 36.8. The molecule has 8 heteroatoms. The van der Waals surface area contributed by atoms with E-state index in [1.165, 1.54) is 83.5 Å². The number of allylic oxidation sites excluding steroid dienone is 1. The maximum Gasteiger partial charge on any atom is 0.309 e. The van der Waals surface area contributed by atoms with Gasteiger partial charge >= 0.3 is 11.9 Å². The number of hydrogen-bond acceptors (Lipinski definition) is 8. The first-order valence-corrected chi connectivity index (χ1v) is 20.5. The monoisotopic (exact) mass is 709 g/mol. The molecular weight excluding hydrogens is 632 g/mol. The van der Waals surface area contributed by atoms with Crippen molar-refractivity contribution in [3.05, 3.63) is 24.3 Å². The summed E-state index contributed by atoms with van der Waals surface area (Å²) in [4.78, 5) is 24.2. The van der Waals surface area contributed by atoms with Crippen LogP contribution in [0.15, 0.2) is 24.3 Å². The average molecular weight is 709 g/mol. The second-order valence-electron chi connectivity index (χ2n) is 15.0. The van der Waals surface area contributed by atoms with Gasteiger partial charge in [-0.3, -0.25) is 9.59 Å². The minimum Gasteiger partial charge on any atom is -0.463 e. The molecule has 0 aromatic rings. The Bertz CT molecular complexity index is 889. The molecule has 0 aromatic carbocycles. The first-order valence-electron chi connectivity index (χ1n) is 20.5. The van der Waals surface area contributed by atoms with E-state index in [4.69, 9.17) is 9.47 Å². The number of carbonyl (C=O) groups excluding carboxylic acids is 2. The number of rotatable bonds is 32. The van der Waals surface area contributed by atoms with Gasteiger partial charge in [0.25, 0.3) is 0 Å². The summed E-state index contributed by atoms with van der Waals surface area (Å²) in [7, 11) is 0. The summed E-state index contributed by atoms with van der Waals surface area (Å²) in [5.41, 5.74) is 0. The Labute approximate surface area is 305 Å². The fourth-order valence-electron chi connectivity index (χ4n) is 6.74. The summed E-state index contributed by atoms with van der Waals surface area (Å²) in [6, 6.07) is 0. The Balaban J connectivity index is 2.03. The molecule has 1 aliphatic rings. The fourth-order valence-corrected chi connectivity index (χ4v) is 6.74. The van der Waals surface area contributed by atoms with E-state index in [0.717, 1.165) is 44.4 Å². The summed E-state index contributed by atoms with van der Waals surface area (Å²) < 4.78 is 10.3. The van der Waals surface area contributed by atoms with Gasteiger partial charge in [0.05, 0.1) is 24.7 Å². The van der Waals surface area contributed by atoms with Crippen molar-refractivity contribution >= 4 is 11.9 Å². The number of ether oxygens (including phenoxy) is 2. The van der Waals surface area contributed by atoms with Crippen molar-refractivity contribution in [3.63, 3.8) is 0 Å². The zero-order valence-corrected chi connectivity index (χ0v) is 32.2. The minimum atomic E-state index is -1.08. The molecule has 0 aliphatic heterocycles. The molecule has 1 saturated carbocycles. The third-order valence-corrected chi connectivity index (χ3v) is 10.3. The molecule has 8 nitrogen and oxygen atoms in total. The molecule has 0 saturated heterocycles. The molecule has 1 aliphatic carbocycles. The standard InChI is InChI=1S/C42H76O8/c1-4-6-19-25-35(43)29-30-38-37(39(45)31-40(38)46)26-22-23-28-42(48)50-33-36(44)32-49-41(47)27-21-18-16-14-12-10-8-7-9-11-13-15-17-20-24-34(3)5-2/h22-23,29-30,34-40,43-46H,4-21,24-28,31-33H2,1-3H3/b23-22-,30-29+/t34?,35-,36-,37+,38-,39+,40-/m1/s1. The van der Waals surface area contributed by atoms with E-state index in [0.29, 0.717) is 19.3 Å². The van der Waals surface area contributed by atoms with Gasteiger partial charge in [-0.15, -0.1) is 0 Å². The van der Waals surface area contributed by atoms with Crippen LogP contribution in [-0.4, -0.2) is 70.0 Å². The lowest BCUT2D eigenvalue weighted by Crippen LogP contribution is -2.25. The SMILES string of the molecule is CCCCC[C@@H](O)/C=C/[C@@H]1[C@H](C/C=C\CC(=O)OC[C@H](O)COC(=O)CCCCCCCCCCCCCCCCC(C)CC)[C@@H](O)C[C@H]1O. The van der Waals surface area contributed by atoms with Crippen molar-refractivity contribution in [1.29, 1.82) is 0 Å². The van der Waals surface area contributed by atoms with Gasteiger partial charge in [-0.05, 0) is 31.1 Å². The van der Waals surface area contributed by atoms with Crippen molar-refractivity contribution in [3.8, 4) is 0 Å². The number of aliphatic hydroxyl groups is 4. The predicted molar refractivity (Wildman–Crippen MR) is 203 cm³/mol. The van der Waals surface area contributed by atoms with Gasteiger partial charge in [-0.25, -0.2) is 0 Å². The largest absolute Gasteiger partial charge is 0.463 e. The highest BCUT2D eigenvalue weighted by Crippen LogP contribution is 2.36. The van der Waals surface area contributed by atoms with Crippen LogP contribution >= 0.6 is 0 Å². The summed E-state index contributed by atoms with van der Waals surface area (Å²) in [6.07, 6.45) is 29.3. The molecule has 0 aromatic heterocycles. The highest BCUT2D eigenvalue weighted by Gasteiger charge is 2.39. The van der Waals surface area contributed by atoms with Gasteiger partial charge in [-0.1, -0.05) is 161 Å². The summed E-state index contributed by atoms with van der Waals surface area (Å²) in [5.74, 6) is -0.436. The summed E-state index contributed by atoms with van der Waals surface area (Å²) >= 11 is 0. The fraction of sp³-hybridized carbons (Fsp3) is 0.857. The smallest absolute Gasteiger partial charge is 0.309 e. The van der Waals surface area contributed by atoms with Crippen molar-refractivity contribution < 1.29 is 39.5 Å². The molecule has 0 amide bonds. The van der Waals surface area contributed by atoms with Crippen LogP contribution in [0.4, 0.5) is 0 Å². The van der Waals surface area contributed by atoms with Crippen LogP contribution < -0.4 is 0 Å². The molecule has 1 unspecified atom stereocenters. The molecule has 1 fully saturated rings. The van der Waals surface area contributed by atoms with Gasteiger partial charge in [0.2, 0.25) is 0 Å². The Kier molecular flexibility index (Phi) is 28.6. The molecule has 50 heavy (non-hydrogen) atoms. The van der Waals surface area contributed by atoms with Gasteiger partial charge < -0.3 is 29.9 Å². The normalized spacial score (nSPS) is 21.2. The van der Waals surface area contributed by atoms with Gasteiger partial charge in [0.15, 0.2) is 0 Å². The van der Waals surface area contributed by atoms with Crippen molar-refractivity contribution in [2.24, 2.45) is 17.8 Å². The Morgan fingerprint density at radius 3 is 1.82 bits per heavy atom. The number of hydrogen-bond donors (Lipinski definition) is 4. The molecule has 0 spiro atoms. The first kappa shape index (κ1) is 46.3. The third-order valence-electron chi connectivity index (χ3n) is 10.3. The Hall–Kier alpha value is -1.74. The lowest BCUT2D eigenvalue weighted by molar-refractivity contribution is -0.151. The molecule has 7 atom stereocenters. The van der Waals surface area contributed by atoms with Crippen LogP contribution in [-0.2, 0) is 19.1 Å². The highest BCUT2D eigenvalue weighted by atomic mass is 16.6. The molecule has 1 rings (SSSR count). The van der Waals surface area contributed by atoms with Crippen molar-refractivity contribution in [1.82, 2.24) is 0 Å². The van der Waals surface area contributed by atoms with E-state index < -0.39 is 30.4 Å². The van der Waals surface area contributed by atoms with Gasteiger partial charge in [0.1, 0.15) is 19.3 Å². The van der Waals surface area contributed by atoms with E-state index in [1.807, 2.05) is 6.08 Å². The molecule has 0 bridgehead atoms. The lowest BCUT2D eigenvalue weighted by atomic mass is 9.89. The van der Waals surface area contributed by atoms with Crippen LogP contribution in [0.1, 0.15) is 175 Å². The van der Waals surface area contributed by atoms with Crippen molar-refractivity contribution in [2.45, 2.75) is 199 Å². The predicted octanol–water partition coefficient (Wildman–Crippen LogP) is 8.91. The third kappa shape index (κ3) is 24.4. The summed E-state index contributed by atoms with van der Waals surface area (Å²) in [5, 5.41) is 41.1. The molecule has 0 radical (unpaired) electrons. The van der Waals surface area contributed by atoms with Crippen LogP contribution in [0.25, 0.3) is 0 Å². The maximum atomic E-state index is 12.1. The number of esters is 2. The average Bonchev–Trinajstić information content (AvgIpc) is 3.37. The number of carbonyl (C=O) groups is 2. The number of unbranched alkanes of at least 4 members (excludes halogenated alkanes) is 15. The van der Waals surface area contributed by atoms with E-state index >= 15 is 0 Å². The van der Waals surface area contributed by atoms with E-state index in [1.54, 1.807) is 18.2 Å². The minimum absolute atomic E-state index is 0.00730. The molecule has 0 heterocycles. The zero-order valence-electron chi connectivity index (χ0n) is 32.2. The second kappa shape index (κ2) is 30.8. The second-order valence-corrected chi connectivity index (χ2v) is 15.0. The van der Waals surface area contributed by atoms with Crippen molar-refractivity contribution in [2.75, 3.05) is 13.2 Å². The maximum absolute atomic E-state index is 12.1. The van der Waals surface area contributed by atoms with E-state index in [9.17, 15) is 30.0 Å². The Morgan fingerprint density at radius 1 is 0.700 bits per heavy atom. The van der Waals surface area contributed by atoms with Gasteiger partial charge in [0, 0.05) is 18.8 Å². The van der Waals surface area contributed by atoms with Crippen LogP contribution in [0.2, 0.25) is 0 Å². The van der Waals surface area contributed by atoms with Gasteiger partial charge in [-0.2, -0.15) is 0 Å². The lowest BCUT2D eigenvalue weighted by Gasteiger charge is -2.19. The van der Waals surface area contributed by atoms with Crippen LogP contribution in [0.5, 0.6) is 0 Å². The number of aliphatic hydroxyl groups excluding tert-OH is 4. The van der Waals surface area contributed by atoms with Crippen LogP contribution in [0.3, 0.4) is 0 Å². The topological polar surface area (TPSA) is 134 Å². The highest BCUT2D eigenvalue weighted by molar-refractivity contribution is 5.71. The molecule has 4 N–H and O–H groups in total. The van der Waals surface area contributed by atoms with Crippen LogP contribution in [0, 0.1) is 17.8 Å². The first-order chi connectivity index (χ1) is 24.2. The summed E-state index contributed by atoms with van der Waals surface area (Å²) in [6.45, 7) is 6.30. The van der Waals surface area contributed by atoms with E-state index in [2.05, 4.69) is 20.8 Å². The Morgan fingerprint density at radius 2 is 1.24 bits per heavy atom.